The zero-order valence-corrected chi connectivity index (χ0v) is 11.9. The molecule has 2 heterocycles. The van der Waals surface area contributed by atoms with Gasteiger partial charge in [0.1, 0.15) is 16.4 Å². The number of thiazole rings is 2. The lowest BCUT2D eigenvalue weighted by molar-refractivity contribution is 0.0950. The van der Waals surface area contributed by atoms with Crippen LogP contribution in [0.15, 0.2) is 10.8 Å². The molecule has 2 rings (SSSR count). The second-order valence-electron chi connectivity index (χ2n) is 3.75. The van der Waals surface area contributed by atoms with Gasteiger partial charge in [-0.15, -0.1) is 22.7 Å². The molecule has 0 fully saturated rings. The molecule has 0 saturated carbocycles. The average molecular weight is 297 g/mol. The van der Waals surface area contributed by atoms with Gasteiger partial charge in [0.25, 0.3) is 5.91 Å². The van der Waals surface area contributed by atoms with Crippen LogP contribution in [0.4, 0.5) is 0 Å². The Balaban J connectivity index is 2.09. The van der Waals surface area contributed by atoms with E-state index in [4.69, 9.17) is 11.5 Å². The number of amides is 1. The lowest BCUT2D eigenvalue weighted by Crippen LogP contribution is -2.29. The van der Waals surface area contributed by atoms with Gasteiger partial charge in [0, 0.05) is 30.3 Å². The fourth-order valence-electron chi connectivity index (χ4n) is 1.42. The van der Waals surface area contributed by atoms with E-state index in [1.165, 1.54) is 11.3 Å². The summed E-state index contributed by atoms with van der Waals surface area (Å²) >= 11 is 2.96. The molecule has 102 valence electrons. The molecule has 0 aliphatic carbocycles. The summed E-state index contributed by atoms with van der Waals surface area (Å²) in [5, 5.41) is 8.08. The van der Waals surface area contributed by atoms with Crippen molar-refractivity contribution >= 4 is 28.6 Å². The summed E-state index contributed by atoms with van der Waals surface area (Å²) in [5.41, 5.74) is 12.0. The second kappa shape index (κ2) is 6.71. The molecule has 0 aliphatic rings. The molecule has 0 radical (unpaired) electrons. The lowest BCUT2D eigenvalue weighted by Gasteiger charge is -1.98. The second-order valence-corrected chi connectivity index (χ2v) is 5.55. The van der Waals surface area contributed by atoms with Gasteiger partial charge >= 0.3 is 0 Å². The maximum Gasteiger partial charge on any atom is 0.270 e. The van der Waals surface area contributed by atoms with E-state index in [2.05, 4.69) is 15.3 Å². The Morgan fingerprint density at radius 2 is 2.05 bits per heavy atom. The zero-order valence-electron chi connectivity index (χ0n) is 10.3. The van der Waals surface area contributed by atoms with E-state index in [1.807, 2.05) is 5.38 Å². The minimum atomic E-state index is -0.203. The van der Waals surface area contributed by atoms with Crippen LogP contribution in [0.25, 0.3) is 10.7 Å². The maximum absolute atomic E-state index is 11.7. The third kappa shape index (κ3) is 3.57. The topological polar surface area (TPSA) is 107 Å². The van der Waals surface area contributed by atoms with Gasteiger partial charge in [0.2, 0.25) is 0 Å². The molecule has 0 aromatic carbocycles. The van der Waals surface area contributed by atoms with Gasteiger partial charge in [-0.1, -0.05) is 0 Å². The van der Waals surface area contributed by atoms with Crippen LogP contribution in [-0.2, 0) is 6.42 Å². The molecule has 0 saturated heterocycles. The molecule has 19 heavy (non-hydrogen) atoms. The fraction of sp³-hybridized carbons (Fsp3) is 0.364. The van der Waals surface area contributed by atoms with Gasteiger partial charge in [-0.05, 0) is 6.54 Å². The summed E-state index contributed by atoms with van der Waals surface area (Å²) in [6.45, 7) is 1.44. The van der Waals surface area contributed by atoms with Crippen LogP contribution in [0.5, 0.6) is 0 Å². The lowest BCUT2D eigenvalue weighted by atomic mass is 10.4. The average Bonchev–Trinajstić information content (AvgIpc) is 3.04. The van der Waals surface area contributed by atoms with Crippen LogP contribution in [0.1, 0.15) is 15.5 Å². The number of hydrogen-bond acceptors (Lipinski definition) is 7. The number of nitrogens with two attached hydrogens (primary N) is 2. The Morgan fingerprint density at radius 3 is 2.79 bits per heavy atom. The van der Waals surface area contributed by atoms with E-state index in [-0.39, 0.29) is 5.91 Å². The summed E-state index contributed by atoms with van der Waals surface area (Å²) in [6, 6.07) is 0. The smallest absolute Gasteiger partial charge is 0.270 e. The SMILES string of the molecule is NCCNC(=O)c1csc(-c2csc(CCN)n2)n1. The van der Waals surface area contributed by atoms with Crippen molar-refractivity contribution in [3.8, 4) is 10.7 Å². The highest BCUT2D eigenvalue weighted by Gasteiger charge is 2.13. The Kier molecular flexibility index (Phi) is 4.97. The standard InChI is InChI=1S/C11H15N5OS2/c12-2-1-9-15-8(6-18-9)11-16-7(5-19-11)10(17)14-4-3-13/h5-6H,1-4,12-13H2,(H,14,17). The van der Waals surface area contributed by atoms with Crippen molar-refractivity contribution in [2.45, 2.75) is 6.42 Å². The van der Waals surface area contributed by atoms with Crippen molar-refractivity contribution in [3.63, 3.8) is 0 Å². The van der Waals surface area contributed by atoms with E-state index < -0.39 is 0 Å². The number of carbonyl (C=O) groups excluding carboxylic acids is 1. The van der Waals surface area contributed by atoms with Crippen LogP contribution < -0.4 is 16.8 Å². The number of nitrogens with zero attached hydrogens (tertiary/aromatic N) is 2. The Bertz CT molecular complexity index is 551. The number of rotatable bonds is 6. The summed E-state index contributed by atoms with van der Waals surface area (Å²) in [5.74, 6) is -0.203. The van der Waals surface area contributed by atoms with Crippen molar-refractivity contribution < 1.29 is 4.79 Å². The molecular weight excluding hydrogens is 282 g/mol. The third-order valence-electron chi connectivity index (χ3n) is 2.30. The van der Waals surface area contributed by atoms with Crippen molar-refractivity contribution in [2.24, 2.45) is 11.5 Å². The molecule has 2 aromatic rings. The van der Waals surface area contributed by atoms with E-state index >= 15 is 0 Å². The van der Waals surface area contributed by atoms with Crippen molar-refractivity contribution in [1.29, 1.82) is 0 Å². The van der Waals surface area contributed by atoms with Crippen molar-refractivity contribution in [3.05, 3.63) is 21.5 Å². The number of hydrogen-bond donors (Lipinski definition) is 3. The molecule has 2 aromatic heterocycles. The highest BCUT2D eigenvalue weighted by atomic mass is 32.1. The molecule has 0 spiro atoms. The molecule has 1 amide bonds. The molecule has 0 atom stereocenters. The van der Waals surface area contributed by atoms with Crippen molar-refractivity contribution in [1.82, 2.24) is 15.3 Å². The largest absolute Gasteiger partial charge is 0.349 e. The normalized spacial score (nSPS) is 10.6. The summed E-state index contributed by atoms with van der Waals surface area (Å²) in [6.07, 6.45) is 0.764. The van der Waals surface area contributed by atoms with E-state index in [1.54, 1.807) is 16.7 Å². The minimum Gasteiger partial charge on any atom is -0.349 e. The zero-order chi connectivity index (χ0) is 13.7. The highest BCUT2D eigenvalue weighted by Crippen LogP contribution is 2.25. The van der Waals surface area contributed by atoms with Gasteiger partial charge < -0.3 is 16.8 Å². The van der Waals surface area contributed by atoms with Gasteiger partial charge in [0.15, 0.2) is 0 Å². The van der Waals surface area contributed by atoms with Crippen molar-refractivity contribution in [2.75, 3.05) is 19.6 Å². The molecule has 0 aliphatic heterocycles. The highest BCUT2D eigenvalue weighted by molar-refractivity contribution is 7.14. The van der Waals surface area contributed by atoms with Gasteiger partial charge in [-0.2, -0.15) is 0 Å². The molecule has 6 nitrogen and oxygen atoms in total. The first-order valence-electron chi connectivity index (χ1n) is 5.83. The summed E-state index contributed by atoms with van der Waals surface area (Å²) in [4.78, 5) is 20.4. The predicted molar refractivity (Wildman–Crippen MR) is 77.4 cm³/mol. The van der Waals surface area contributed by atoms with Gasteiger partial charge in [0.05, 0.1) is 5.01 Å². The molecular formula is C11H15N5OS2. The third-order valence-corrected chi connectivity index (χ3v) is 4.07. The summed E-state index contributed by atoms with van der Waals surface area (Å²) in [7, 11) is 0. The van der Waals surface area contributed by atoms with Crippen LogP contribution >= 0.6 is 22.7 Å². The Hall–Kier alpha value is -1.35. The number of aromatic nitrogens is 2. The van der Waals surface area contributed by atoms with E-state index in [9.17, 15) is 4.79 Å². The monoisotopic (exact) mass is 297 g/mol. The van der Waals surface area contributed by atoms with Crippen LogP contribution in [0.2, 0.25) is 0 Å². The maximum atomic E-state index is 11.7. The first-order valence-corrected chi connectivity index (χ1v) is 7.59. The first kappa shape index (κ1) is 14.1. The van der Waals surface area contributed by atoms with Gasteiger partial charge in [-0.25, -0.2) is 9.97 Å². The minimum absolute atomic E-state index is 0.203. The van der Waals surface area contributed by atoms with Gasteiger partial charge in [-0.3, -0.25) is 4.79 Å². The van der Waals surface area contributed by atoms with Crippen LogP contribution in [0, 0.1) is 0 Å². The van der Waals surface area contributed by atoms with Crippen LogP contribution in [0.3, 0.4) is 0 Å². The molecule has 0 unspecified atom stereocenters. The molecule has 0 bridgehead atoms. The Morgan fingerprint density at radius 1 is 1.21 bits per heavy atom. The van der Waals surface area contributed by atoms with E-state index in [0.29, 0.717) is 25.3 Å². The fourth-order valence-corrected chi connectivity index (χ4v) is 3.05. The Labute approximate surface area is 118 Å². The van der Waals surface area contributed by atoms with Crippen LogP contribution in [-0.4, -0.2) is 35.5 Å². The molecule has 5 N–H and O–H groups in total. The number of nitrogens with one attached hydrogen (secondary N) is 1. The number of carbonyl (C=O) groups is 1. The predicted octanol–water partition coefficient (Wildman–Crippen LogP) is 0.456. The summed E-state index contributed by atoms with van der Waals surface area (Å²) < 4.78 is 0. The first-order chi connectivity index (χ1) is 9.24. The molecule has 8 heteroatoms. The quantitative estimate of drug-likeness (QED) is 0.718. The van der Waals surface area contributed by atoms with E-state index in [0.717, 1.165) is 22.1 Å².